The summed E-state index contributed by atoms with van der Waals surface area (Å²) in [6.45, 7) is 1.81. The molecular formula is C24H22F3N3O4. The Kier molecular flexibility index (Phi) is 6.92. The number of ether oxygens (including phenoxy) is 1. The van der Waals surface area contributed by atoms with E-state index in [4.69, 9.17) is 4.74 Å². The van der Waals surface area contributed by atoms with Gasteiger partial charge in [0.25, 0.3) is 5.91 Å². The van der Waals surface area contributed by atoms with Gasteiger partial charge in [0.05, 0.1) is 35.8 Å². The third-order valence-corrected chi connectivity index (χ3v) is 5.70. The van der Waals surface area contributed by atoms with Crippen molar-refractivity contribution in [2.24, 2.45) is 0 Å². The molecule has 1 aromatic carbocycles. The maximum absolute atomic E-state index is 14.4. The van der Waals surface area contributed by atoms with Crippen molar-refractivity contribution in [3.05, 3.63) is 77.5 Å². The lowest BCUT2D eigenvalue weighted by atomic mass is 9.92. The third-order valence-electron chi connectivity index (χ3n) is 5.70. The van der Waals surface area contributed by atoms with Gasteiger partial charge in [-0.05, 0) is 36.8 Å². The molecule has 7 nitrogen and oxygen atoms in total. The second-order valence-electron chi connectivity index (χ2n) is 7.91. The third kappa shape index (κ3) is 4.65. The quantitative estimate of drug-likeness (QED) is 0.521. The number of hydrogen-bond donors (Lipinski definition) is 3. The zero-order valence-corrected chi connectivity index (χ0v) is 18.1. The summed E-state index contributed by atoms with van der Waals surface area (Å²) in [6.07, 6.45) is 0.150. The first-order valence-corrected chi connectivity index (χ1v) is 10.7. The van der Waals surface area contributed by atoms with Gasteiger partial charge in [-0.3, -0.25) is 9.78 Å². The maximum Gasteiger partial charge on any atom is 0.274 e. The Bertz CT molecular complexity index is 1190. The van der Waals surface area contributed by atoms with Gasteiger partial charge in [-0.1, -0.05) is 13.0 Å². The topological polar surface area (TPSA) is 105 Å². The van der Waals surface area contributed by atoms with Crippen LogP contribution in [0.4, 0.5) is 18.9 Å². The highest BCUT2D eigenvalue weighted by Crippen LogP contribution is 2.36. The zero-order valence-electron chi connectivity index (χ0n) is 18.1. The molecule has 1 fully saturated rings. The number of pyridine rings is 2. The lowest BCUT2D eigenvalue weighted by Crippen LogP contribution is -2.45. The number of amides is 1. The molecule has 4 unspecified atom stereocenters. The molecule has 1 aliphatic heterocycles. The van der Waals surface area contributed by atoms with Gasteiger partial charge in [0.1, 0.15) is 34.9 Å². The van der Waals surface area contributed by atoms with Crippen LogP contribution in [0.2, 0.25) is 0 Å². The Morgan fingerprint density at radius 2 is 1.85 bits per heavy atom. The Morgan fingerprint density at radius 3 is 2.56 bits per heavy atom. The highest BCUT2D eigenvalue weighted by atomic mass is 19.1. The molecule has 0 spiro atoms. The molecule has 10 heteroatoms. The van der Waals surface area contributed by atoms with Crippen LogP contribution >= 0.6 is 0 Å². The van der Waals surface area contributed by atoms with Gasteiger partial charge >= 0.3 is 0 Å². The minimum absolute atomic E-state index is 0.0933. The molecule has 4 rings (SSSR count). The molecule has 3 heterocycles. The first-order valence-electron chi connectivity index (χ1n) is 10.7. The SMILES string of the molecule is CCC1OC(c2ccncc2NC(=O)c2ccc(F)c(-c3c(F)cccc3F)n2)CC(O)C1O. The summed E-state index contributed by atoms with van der Waals surface area (Å²) in [7, 11) is 0. The number of carbonyl (C=O) groups is 1. The number of aliphatic hydroxyl groups is 2. The number of anilines is 1. The number of benzene rings is 1. The molecule has 0 saturated carbocycles. The molecule has 4 atom stereocenters. The first-order chi connectivity index (χ1) is 16.3. The fraction of sp³-hybridized carbons (Fsp3) is 0.292. The van der Waals surface area contributed by atoms with E-state index in [9.17, 15) is 28.2 Å². The Labute approximate surface area is 193 Å². The van der Waals surface area contributed by atoms with Crippen LogP contribution in [0.5, 0.6) is 0 Å². The maximum atomic E-state index is 14.4. The van der Waals surface area contributed by atoms with Crippen molar-refractivity contribution in [1.29, 1.82) is 0 Å². The van der Waals surface area contributed by atoms with Crippen LogP contribution in [-0.2, 0) is 4.74 Å². The van der Waals surface area contributed by atoms with E-state index in [0.717, 1.165) is 30.3 Å². The molecule has 178 valence electrons. The van der Waals surface area contributed by atoms with E-state index in [1.54, 1.807) is 6.07 Å². The monoisotopic (exact) mass is 473 g/mol. The highest BCUT2D eigenvalue weighted by molar-refractivity contribution is 6.03. The van der Waals surface area contributed by atoms with Crippen molar-refractivity contribution >= 4 is 11.6 Å². The molecule has 3 N–H and O–H groups in total. The van der Waals surface area contributed by atoms with Crippen LogP contribution in [-0.4, -0.2) is 44.4 Å². The molecule has 1 amide bonds. The largest absolute Gasteiger partial charge is 0.390 e. The second kappa shape index (κ2) is 9.88. The number of carbonyl (C=O) groups excluding carboxylic acids is 1. The summed E-state index contributed by atoms with van der Waals surface area (Å²) in [5.74, 6) is -3.79. The van der Waals surface area contributed by atoms with E-state index in [0.29, 0.717) is 12.0 Å². The van der Waals surface area contributed by atoms with Crippen LogP contribution in [0, 0.1) is 17.5 Å². The zero-order chi connectivity index (χ0) is 24.4. The van der Waals surface area contributed by atoms with E-state index in [2.05, 4.69) is 15.3 Å². The Hall–Kier alpha value is -3.34. The molecule has 34 heavy (non-hydrogen) atoms. The molecule has 3 aromatic rings. The number of nitrogens with one attached hydrogen (secondary N) is 1. The summed E-state index contributed by atoms with van der Waals surface area (Å²) in [5, 5.41) is 22.9. The van der Waals surface area contributed by atoms with Gasteiger partial charge in [0, 0.05) is 18.2 Å². The lowest BCUT2D eigenvalue weighted by molar-refractivity contribution is -0.170. The van der Waals surface area contributed by atoms with Crippen LogP contribution < -0.4 is 5.32 Å². The minimum Gasteiger partial charge on any atom is -0.390 e. The van der Waals surface area contributed by atoms with Crippen molar-refractivity contribution < 1.29 is 32.9 Å². The number of aliphatic hydroxyl groups excluding tert-OH is 2. The van der Waals surface area contributed by atoms with E-state index >= 15 is 0 Å². The highest BCUT2D eigenvalue weighted by Gasteiger charge is 2.37. The van der Waals surface area contributed by atoms with Crippen LogP contribution in [0.3, 0.4) is 0 Å². The summed E-state index contributed by atoms with van der Waals surface area (Å²) < 4.78 is 48.6. The fourth-order valence-electron chi connectivity index (χ4n) is 3.94. The number of nitrogens with zero attached hydrogens (tertiary/aromatic N) is 2. The average molecular weight is 473 g/mol. The second-order valence-corrected chi connectivity index (χ2v) is 7.91. The van der Waals surface area contributed by atoms with E-state index in [1.807, 2.05) is 6.92 Å². The molecule has 0 aliphatic carbocycles. The number of rotatable bonds is 5. The molecular weight excluding hydrogens is 451 g/mol. The Morgan fingerprint density at radius 1 is 1.12 bits per heavy atom. The summed E-state index contributed by atoms with van der Waals surface area (Å²) >= 11 is 0. The first kappa shape index (κ1) is 23.8. The van der Waals surface area contributed by atoms with Crippen molar-refractivity contribution in [2.45, 2.75) is 44.2 Å². The number of aromatic nitrogens is 2. The van der Waals surface area contributed by atoms with E-state index in [1.165, 1.54) is 12.4 Å². The van der Waals surface area contributed by atoms with Gasteiger partial charge in [-0.2, -0.15) is 0 Å². The predicted molar refractivity (Wildman–Crippen MR) is 116 cm³/mol. The Balaban J connectivity index is 1.63. The molecule has 1 saturated heterocycles. The number of halogens is 3. The predicted octanol–water partition coefficient (Wildman–Crippen LogP) is 3.78. The summed E-state index contributed by atoms with van der Waals surface area (Å²) in [6, 6.07) is 6.67. The lowest BCUT2D eigenvalue weighted by Gasteiger charge is -2.37. The van der Waals surface area contributed by atoms with Crippen molar-refractivity contribution in [2.75, 3.05) is 5.32 Å². The smallest absolute Gasteiger partial charge is 0.274 e. The van der Waals surface area contributed by atoms with Crippen LogP contribution in [0.1, 0.15) is 41.9 Å². The molecule has 0 bridgehead atoms. The summed E-state index contributed by atoms with van der Waals surface area (Å²) in [5.41, 5.74) is -0.824. The molecule has 1 aliphatic rings. The van der Waals surface area contributed by atoms with Crippen molar-refractivity contribution in [3.63, 3.8) is 0 Å². The van der Waals surface area contributed by atoms with Gasteiger partial charge < -0.3 is 20.3 Å². The minimum atomic E-state index is -1.03. The van der Waals surface area contributed by atoms with Crippen molar-refractivity contribution in [3.8, 4) is 11.3 Å². The van der Waals surface area contributed by atoms with Crippen molar-refractivity contribution in [1.82, 2.24) is 9.97 Å². The van der Waals surface area contributed by atoms with Gasteiger partial charge in [0.2, 0.25) is 0 Å². The van der Waals surface area contributed by atoms with Gasteiger partial charge in [-0.15, -0.1) is 0 Å². The van der Waals surface area contributed by atoms with E-state index < -0.39 is 59.0 Å². The van der Waals surface area contributed by atoms with Gasteiger partial charge in [0.15, 0.2) is 0 Å². The molecule has 0 radical (unpaired) electrons. The number of hydrogen-bond acceptors (Lipinski definition) is 6. The van der Waals surface area contributed by atoms with E-state index in [-0.39, 0.29) is 17.8 Å². The normalized spacial score (nSPS) is 22.4. The standard InChI is InChI=1S/C24H22F3N3O4/c1-2-19-23(32)18(31)10-20(34-19)12-8-9-28-11-17(12)30-24(33)16-7-6-15(27)22(29-16)21-13(25)4-3-5-14(21)26/h3-9,11,18-20,23,31-32H,2,10H2,1H3,(H,30,33). The molecule has 2 aromatic heterocycles. The summed E-state index contributed by atoms with van der Waals surface area (Å²) in [4.78, 5) is 20.8. The van der Waals surface area contributed by atoms with Crippen LogP contribution in [0.15, 0.2) is 48.8 Å². The van der Waals surface area contributed by atoms with Crippen LogP contribution in [0.25, 0.3) is 11.3 Å². The average Bonchev–Trinajstić information content (AvgIpc) is 2.82. The van der Waals surface area contributed by atoms with Gasteiger partial charge in [-0.25, -0.2) is 18.2 Å². The fourth-order valence-corrected chi connectivity index (χ4v) is 3.94.